The molecule has 0 fully saturated rings. The van der Waals surface area contributed by atoms with E-state index in [1.165, 1.54) is 96.3 Å². The Kier molecular flexibility index (Phi) is 36.1. The fourth-order valence-corrected chi connectivity index (χ4v) is 6.67. The standard InChI is InChI=1S/C44H84NO8P/c1-6-8-10-12-14-16-18-20-21-22-23-25-27-29-31-33-35-37-44(47)53-42(41-52-54(48,49)51-39-38-45(3,4)5)40-50-43(46)36-34-32-30-28-26-24-19-17-15-13-11-9-7-2/h17,19-21,42H,6-16,18,22-41H2,1-5H3/b19-17-,21-20-. The fraction of sp³-hybridized carbons (Fsp3) is 0.864. The molecule has 2 atom stereocenters. The Hall–Kier alpha value is -1.51. The van der Waals surface area contributed by atoms with Crippen LogP contribution in [0.5, 0.6) is 0 Å². The molecule has 10 heteroatoms. The van der Waals surface area contributed by atoms with Crippen LogP contribution in [-0.4, -0.2) is 70.0 Å². The van der Waals surface area contributed by atoms with Crippen molar-refractivity contribution in [3.8, 4) is 0 Å². The average molecular weight is 786 g/mol. The normalized spacial score (nSPS) is 13.8. The van der Waals surface area contributed by atoms with Crippen molar-refractivity contribution in [2.24, 2.45) is 0 Å². The molecular formula is C44H84NO8P. The van der Waals surface area contributed by atoms with Crippen molar-refractivity contribution in [1.82, 2.24) is 0 Å². The van der Waals surface area contributed by atoms with Gasteiger partial charge in [0.2, 0.25) is 0 Å². The average Bonchev–Trinajstić information content (AvgIpc) is 3.12. The third kappa shape index (κ3) is 40.2. The molecule has 0 aromatic heterocycles. The Morgan fingerprint density at radius 2 is 0.944 bits per heavy atom. The molecule has 2 unspecified atom stereocenters. The highest BCUT2D eigenvalue weighted by Gasteiger charge is 2.21. The van der Waals surface area contributed by atoms with Gasteiger partial charge in [-0.25, -0.2) is 0 Å². The minimum absolute atomic E-state index is 0.0318. The third-order valence-electron chi connectivity index (χ3n) is 9.44. The number of quaternary nitrogens is 1. The first-order valence-corrected chi connectivity index (χ1v) is 23.5. The lowest BCUT2D eigenvalue weighted by Crippen LogP contribution is -2.37. The molecule has 0 heterocycles. The molecule has 0 N–H and O–H groups in total. The van der Waals surface area contributed by atoms with Crippen LogP contribution >= 0.6 is 7.82 Å². The van der Waals surface area contributed by atoms with Gasteiger partial charge in [-0.2, -0.15) is 0 Å². The number of carbonyl (C=O) groups is 2. The van der Waals surface area contributed by atoms with Crippen LogP contribution in [0.2, 0.25) is 0 Å². The number of likely N-dealkylation sites (N-methyl/N-ethyl adjacent to an activating group) is 1. The molecule has 0 aliphatic rings. The van der Waals surface area contributed by atoms with Crippen molar-refractivity contribution < 1.29 is 42.1 Å². The van der Waals surface area contributed by atoms with Crippen LogP contribution in [-0.2, 0) is 32.7 Å². The molecule has 0 radical (unpaired) electrons. The molecule has 0 amide bonds. The van der Waals surface area contributed by atoms with Gasteiger partial charge in [0.25, 0.3) is 7.82 Å². The number of hydrogen-bond donors (Lipinski definition) is 0. The zero-order valence-corrected chi connectivity index (χ0v) is 36.6. The summed E-state index contributed by atoms with van der Waals surface area (Å²) in [6.07, 6.45) is 39.1. The second-order valence-corrected chi connectivity index (χ2v) is 17.5. The first-order valence-electron chi connectivity index (χ1n) is 22.0. The van der Waals surface area contributed by atoms with E-state index in [-0.39, 0.29) is 26.1 Å². The predicted molar refractivity (Wildman–Crippen MR) is 222 cm³/mol. The van der Waals surface area contributed by atoms with Gasteiger partial charge in [0, 0.05) is 12.8 Å². The minimum atomic E-state index is -4.62. The minimum Gasteiger partial charge on any atom is -0.756 e. The topological polar surface area (TPSA) is 111 Å². The Labute approximate surface area is 332 Å². The molecule has 0 rings (SSSR count). The zero-order valence-electron chi connectivity index (χ0n) is 35.7. The highest BCUT2D eigenvalue weighted by molar-refractivity contribution is 7.45. The van der Waals surface area contributed by atoms with Gasteiger partial charge in [0.15, 0.2) is 6.10 Å². The Morgan fingerprint density at radius 1 is 0.556 bits per heavy atom. The molecule has 0 aromatic carbocycles. The molecule has 318 valence electrons. The number of carbonyl (C=O) groups excluding carboxylic acids is 2. The van der Waals surface area contributed by atoms with Crippen molar-refractivity contribution in [2.45, 2.75) is 200 Å². The van der Waals surface area contributed by atoms with E-state index in [0.717, 1.165) is 64.2 Å². The fourth-order valence-electron chi connectivity index (χ4n) is 5.94. The van der Waals surface area contributed by atoms with Crippen LogP contribution in [0.4, 0.5) is 0 Å². The molecule has 0 aliphatic heterocycles. The number of rotatable bonds is 40. The van der Waals surface area contributed by atoms with Crippen molar-refractivity contribution in [3.63, 3.8) is 0 Å². The van der Waals surface area contributed by atoms with E-state index in [1.54, 1.807) is 0 Å². The number of allylic oxidation sites excluding steroid dienone is 4. The molecule has 0 aromatic rings. The zero-order chi connectivity index (χ0) is 40.0. The quantitative estimate of drug-likeness (QED) is 0.0198. The van der Waals surface area contributed by atoms with Crippen molar-refractivity contribution in [1.29, 1.82) is 0 Å². The van der Waals surface area contributed by atoms with E-state index >= 15 is 0 Å². The first-order chi connectivity index (χ1) is 26.0. The molecule has 0 saturated heterocycles. The summed E-state index contributed by atoms with van der Waals surface area (Å²) >= 11 is 0. The van der Waals surface area contributed by atoms with Crippen LogP contribution in [0.25, 0.3) is 0 Å². The molecule has 54 heavy (non-hydrogen) atoms. The largest absolute Gasteiger partial charge is 0.756 e. The van der Waals surface area contributed by atoms with Gasteiger partial charge in [0.05, 0.1) is 27.7 Å². The van der Waals surface area contributed by atoms with Gasteiger partial charge in [-0.3, -0.25) is 14.2 Å². The summed E-state index contributed by atoms with van der Waals surface area (Å²) in [6.45, 7) is 4.20. The van der Waals surface area contributed by atoms with Gasteiger partial charge in [-0.1, -0.05) is 141 Å². The number of nitrogens with zero attached hydrogens (tertiary/aromatic N) is 1. The Bertz CT molecular complexity index is 980. The summed E-state index contributed by atoms with van der Waals surface area (Å²) < 4.78 is 33.9. The number of phosphoric acid groups is 1. The number of unbranched alkanes of at least 4 members (excludes halogenated alkanes) is 22. The predicted octanol–water partition coefficient (Wildman–Crippen LogP) is 11.7. The SMILES string of the molecule is CCCCCC/C=C\CCCCCCCC(=O)OCC(COP(=O)([O-])OCC[N+](C)(C)C)OC(=O)CCCCCCCCC/C=C\CCCCCCCC. The maximum atomic E-state index is 12.7. The summed E-state index contributed by atoms with van der Waals surface area (Å²) in [5, 5.41) is 0. The van der Waals surface area contributed by atoms with E-state index in [4.69, 9.17) is 18.5 Å². The molecule has 0 spiro atoms. The van der Waals surface area contributed by atoms with Crippen LogP contribution in [0.3, 0.4) is 0 Å². The van der Waals surface area contributed by atoms with Gasteiger partial charge in [-0.15, -0.1) is 0 Å². The van der Waals surface area contributed by atoms with Gasteiger partial charge >= 0.3 is 11.9 Å². The lowest BCUT2D eigenvalue weighted by Gasteiger charge is -2.28. The summed E-state index contributed by atoms with van der Waals surface area (Å²) in [6, 6.07) is 0. The van der Waals surface area contributed by atoms with Gasteiger partial charge in [0.1, 0.15) is 19.8 Å². The monoisotopic (exact) mass is 786 g/mol. The lowest BCUT2D eigenvalue weighted by molar-refractivity contribution is -0.870. The lowest BCUT2D eigenvalue weighted by atomic mass is 10.1. The van der Waals surface area contributed by atoms with Crippen molar-refractivity contribution in [2.75, 3.05) is 47.5 Å². The Balaban J connectivity index is 4.36. The van der Waals surface area contributed by atoms with E-state index < -0.39 is 32.5 Å². The van der Waals surface area contributed by atoms with Crippen LogP contribution in [0, 0.1) is 0 Å². The van der Waals surface area contributed by atoms with Crippen molar-refractivity contribution in [3.05, 3.63) is 24.3 Å². The summed E-state index contributed by atoms with van der Waals surface area (Å²) in [5.74, 6) is -0.846. The number of ether oxygens (including phenoxy) is 2. The number of phosphoric ester groups is 1. The Morgan fingerprint density at radius 3 is 1.39 bits per heavy atom. The van der Waals surface area contributed by atoms with E-state index in [2.05, 4.69) is 38.2 Å². The summed E-state index contributed by atoms with van der Waals surface area (Å²) in [5.41, 5.74) is 0. The summed E-state index contributed by atoms with van der Waals surface area (Å²) in [4.78, 5) is 37.5. The van der Waals surface area contributed by atoms with Gasteiger partial charge < -0.3 is 27.9 Å². The summed E-state index contributed by atoms with van der Waals surface area (Å²) in [7, 11) is 1.16. The third-order valence-corrected chi connectivity index (χ3v) is 10.4. The van der Waals surface area contributed by atoms with Crippen LogP contribution in [0.1, 0.15) is 194 Å². The maximum Gasteiger partial charge on any atom is 0.306 e. The van der Waals surface area contributed by atoms with Crippen molar-refractivity contribution >= 4 is 19.8 Å². The second kappa shape index (κ2) is 37.1. The smallest absolute Gasteiger partial charge is 0.306 e. The molecule has 0 bridgehead atoms. The molecular weight excluding hydrogens is 701 g/mol. The van der Waals surface area contributed by atoms with Gasteiger partial charge in [-0.05, 0) is 64.2 Å². The maximum absolute atomic E-state index is 12.7. The van der Waals surface area contributed by atoms with E-state index in [1.807, 2.05) is 21.1 Å². The molecule has 0 aliphatic carbocycles. The van der Waals surface area contributed by atoms with Crippen LogP contribution in [0.15, 0.2) is 24.3 Å². The van der Waals surface area contributed by atoms with E-state index in [0.29, 0.717) is 17.4 Å². The highest BCUT2D eigenvalue weighted by atomic mass is 31.2. The molecule has 9 nitrogen and oxygen atoms in total. The molecule has 0 saturated carbocycles. The van der Waals surface area contributed by atoms with Crippen LogP contribution < -0.4 is 4.89 Å². The second-order valence-electron chi connectivity index (χ2n) is 16.1. The first kappa shape index (κ1) is 52.5. The number of esters is 2. The van der Waals surface area contributed by atoms with E-state index in [9.17, 15) is 19.0 Å². The highest BCUT2D eigenvalue weighted by Crippen LogP contribution is 2.38. The number of hydrogen-bond acceptors (Lipinski definition) is 8.